The lowest BCUT2D eigenvalue weighted by Gasteiger charge is -2.25. The fourth-order valence-corrected chi connectivity index (χ4v) is 3.65. The molecule has 0 fully saturated rings. The first-order chi connectivity index (χ1) is 9.33. The van der Waals surface area contributed by atoms with E-state index >= 15 is 0 Å². The van der Waals surface area contributed by atoms with Crippen LogP contribution in [0.2, 0.25) is 0 Å². The number of thiophene rings is 1. The topological polar surface area (TPSA) is 50.1 Å². The van der Waals surface area contributed by atoms with Crippen molar-refractivity contribution in [1.82, 2.24) is 15.1 Å². The van der Waals surface area contributed by atoms with E-state index in [0.29, 0.717) is 19.1 Å². The zero-order valence-electron chi connectivity index (χ0n) is 10.8. The molecule has 4 nitrogen and oxygen atoms in total. The van der Waals surface area contributed by atoms with Gasteiger partial charge in [-0.1, -0.05) is 0 Å². The highest BCUT2D eigenvalue weighted by atomic mass is 32.1. The van der Waals surface area contributed by atoms with Crippen molar-refractivity contribution < 1.29 is 5.11 Å². The Labute approximate surface area is 117 Å². The molecule has 0 saturated heterocycles. The number of nitrogens with zero attached hydrogens (tertiary/aromatic N) is 2. The van der Waals surface area contributed by atoms with Gasteiger partial charge >= 0.3 is 0 Å². The fourth-order valence-electron chi connectivity index (χ4n) is 2.67. The minimum Gasteiger partial charge on any atom is -0.390 e. The maximum absolute atomic E-state index is 10.0. The number of aromatic nitrogens is 2. The lowest BCUT2D eigenvalue weighted by atomic mass is 9.94. The maximum Gasteiger partial charge on any atom is 0.0860 e. The van der Waals surface area contributed by atoms with Gasteiger partial charge in [-0.25, -0.2) is 0 Å². The number of aliphatic hydroxyl groups is 1. The first-order valence-corrected chi connectivity index (χ1v) is 7.66. The molecule has 1 aliphatic carbocycles. The molecule has 2 aromatic heterocycles. The predicted octanol–water partition coefficient (Wildman–Crippen LogP) is 1.97. The number of hydrogen-bond acceptors (Lipinski definition) is 4. The summed E-state index contributed by atoms with van der Waals surface area (Å²) < 4.78 is 1.77. The monoisotopic (exact) mass is 277 g/mol. The Balaban J connectivity index is 1.53. The molecule has 0 aliphatic heterocycles. The molecule has 2 N–H and O–H groups in total. The van der Waals surface area contributed by atoms with Gasteiger partial charge < -0.3 is 10.4 Å². The van der Waals surface area contributed by atoms with Crippen molar-refractivity contribution in [3.05, 3.63) is 40.3 Å². The van der Waals surface area contributed by atoms with E-state index < -0.39 is 6.10 Å². The van der Waals surface area contributed by atoms with Crippen LogP contribution in [0.4, 0.5) is 0 Å². The van der Waals surface area contributed by atoms with Crippen LogP contribution in [-0.2, 0) is 13.0 Å². The summed E-state index contributed by atoms with van der Waals surface area (Å²) in [5.74, 6) is 0. The first-order valence-electron chi connectivity index (χ1n) is 6.78. The molecule has 102 valence electrons. The van der Waals surface area contributed by atoms with E-state index in [0.717, 1.165) is 6.42 Å². The van der Waals surface area contributed by atoms with Crippen LogP contribution in [0.3, 0.4) is 0 Å². The van der Waals surface area contributed by atoms with Gasteiger partial charge in [0.15, 0.2) is 0 Å². The van der Waals surface area contributed by atoms with E-state index in [1.807, 2.05) is 23.6 Å². The number of aliphatic hydroxyl groups excluding tert-OH is 1. The molecule has 2 aromatic rings. The second-order valence-electron chi connectivity index (χ2n) is 5.03. The summed E-state index contributed by atoms with van der Waals surface area (Å²) in [6.07, 6.45) is 6.82. The van der Waals surface area contributed by atoms with Crippen LogP contribution in [0.5, 0.6) is 0 Å². The Bertz CT molecular complexity index is 509. The summed E-state index contributed by atoms with van der Waals surface area (Å²) in [7, 11) is 0. The average molecular weight is 277 g/mol. The summed E-state index contributed by atoms with van der Waals surface area (Å²) in [6.45, 7) is 1.16. The molecule has 0 bridgehead atoms. The van der Waals surface area contributed by atoms with E-state index in [-0.39, 0.29) is 0 Å². The van der Waals surface area contributed by atoms with Gasteiger partial charge in [0.25, 0.3) is 0 Å². The third-order valence-electron chi connectivity index (χ3n) is 3.61. The average Bonchev–Trinajstić information content (AvgIpc) is 3.06. The van der Waals surface area contributed by atoms with Gasteiger partial charge in [0.05, 0.1) is 12.6 Å². The fraction of sp³-hybridized carbons (Fsp3) is 0.500. The molecule has 3 rings (SSSR count). The molecule has 1 aliphatic rings. The van der Waals surface area contributed by atoms with Gasteiger partial charge in [0.1, 0.15) is 0 Å². The van der Waals surface area contributed by atoms with Crippen LogP contribution in [0.15, 0.2) is 29.9 Å². The normalized spacial score (nSPS) is 20.2. The van der Waals surface area contributed by atoms with Crippen LogP contribution in [-0.4, -0.2) is 27.5 Å². The molecular weight excluding hydrogens is 258 g/mol. The number of aryl methyl sites for hydroxylation is 1. The molecule has 2 unspecified atom stereocenters. The summed E-state index contributed by atoms with van der Waals surface area (Å²) in [5.41, 5.74) is 1.43. The van der Waals surface area contributed by atoms with Crippen molar-refractivity contribution in [2.24, 2.45) is 0 Å². The molecule has 2 atom stereocenters. The summed E-state index contributed by atoms with van der Waals surface area (Å²) in [4.78, 5) is 1.50. The Hall–Kier alpha value is -1.17. The zero-order chi connectivity index (χ0) is 13.1. The Morgan fingerprint density at radius 1 is 1.58 bits per heavy atom. The molecular formula is C14H19N3OS. The van der Waals surface area contributed by atoms with Gasteiger partial charge in [-0.05, 0) is 42.3 Å². The molecule has 0 spiro atoms. The smallest absolute Gasteiger partial charge is 0.0860 e. The van der Waals surface area contributed by atoms with Crippen LogP contribution in [0.25, 0.3) is 0 Å². The van der Waals surface area contributed by atoms with Crippen molar-refractivity contribution in [1.29, 1.82) is 0 Å². The summed E-state index contributed by atoms with van der Waals surface area (Å²) in [5, 5.41) is 19.8. The van der Waals surface area contributed by atoms with Gasteiger partial charge in [-0.15, -0.1) is 11.3 Å². The van der Waals surface area contributed by atoms with Crippen molar-refractivity contribution in [2.75, 3.05) is 6.54 Å². The summed E-state index contributed by atoms with van der Waals surface area (Å²) >= 11 is 1.85. The molecule has 0 amide bonds. The number of rotatable bonds is 5. The number of fused-ring (bicyclic) bond motifs is 1. The zero-order valence-corrected chi connectivity index (χ0v) is 11.6. The van der Waals surface area contributed by atoms with Crippen molar-refractivity contribution >= 4 is 11.3 Å². The minimum atomic E-state index is -0.399. The Morgan fingerprint density at radius 3 is 3.37 bits per heavy atom. The lowest BCUT2D eigenvalue weighted by Crippen LogP contribution is -2.34. The maximum atomic E-state index is 10.0. The standard InChI is InChI=1S/C14H19N3OS/c18-11(10-17-7-2-6-16-17)9-15-13-3-1-4-14-12(13)5-8-19-14/h2,5-8,11,13,15,18H,1,3-4,9-10H2. The van der Waals surface area contributed by atoms with E-state index in [9.17, 15) is 5.11 Å². The molecule has 2 heterocycles. The molecule has 5 heteroatoms. The largest absolute Gasteiger partial charge is 0.390 e. The van der Waals surface area contributed by atoms with Gasteiger partial charge in [0, 0.05) is 29.9 Å². The minimum absolute atomic E-state index is 0.399. The third-order valence-corrected chi connectivity index (χ3v) is 4.61. The Kier molecular flexibility index (Phi) is 3.96. The van der Waals surface area contributed by atoms with E-state index in [1.54, 1.807) is 10.9 Å². The highest BCUT2D eigenvalue weighted by Gasteiger charge is 2.21. The second kappa shape index (κ2) is 5.86. The van der Waals surface area contributed by atoms with E-state index in [1.165, 1.54) is 23.3 Å². The van der Waals surface area contributed by atoms with Gasteiger partial charge in [-0.3, -0.25) is 4.68 Å². The van der Waals surface area contributed by atoms with E-state index in [4.69, 9.17) is 0 Å². The molecule has 0 radical (unpaired) electrons. The number of hydrogen-bond donors (Lipinski definition) is 2. The molecule has 0 saturated carbocycles. The first kappa shape index (κ1) is 12.8. The van der Waals surface area contributed by atoms with Crippen molar-refractivity contribution in [2.45, 2.75) is 38.0 Å². The van der Waals surface area contributed by atoms with Crippen LogP contribution in [0, 0.1) is 0 Å². The second-order valence-corrected chi connectivity index (χ2v) is 6.03. The SMILES string of the molecule is OC(CNC1CCCc2sccc21)Cn1cccn1. The van der Waals surface area contributed by atoms with Crippen molar-refractivity contribution in [3.63, 3.8) is 0 Å². The van der Waals surface area contributed by atoms with Gasteiger partial charge in [-0.2, -0.15) is 5.10 Å². The van der Waals surface area contributed by atoms with Crippen molar-refractivity contribution in [3.8, 4) is 0 Å². The predicted molar refractivity (Wildman–Crippen MR) is 76.2 cm³/mol. The van der Waals surface area contributed by atoms with Crippen LogP contribution < -0.4 is 5.32 Å². The van der Waals surface area contributed by atoms with Crippen LogP contribution in [0.1, 0.15) is 29.3 Å². The highest BCUT2D eigenvalue weighted by Crippen LogP contribution is 2.33. The summed E-state index contributed by atoms with van der Waals surface area (Å²) in [6, 6.07) is 4.50. The number of nitrogens with one attached hydrogen (secondary N) is 1. The Morgan fingerprint density at radius 2 is 2.53 bits per heavy atom. The van der Waals surface area contributed by atoms with E-state index in [2.05, 4.69) is 21.9 Å². The van der Waals surface area contributed by atoms with Gasteiger partial charge in [0.2, 0.25) is 0 Å². The lowest BCUT2D eigenvalue weighted by molar-refractivity contribution is 0.141. The molecule has 0 aromatic carbocycles. The third kappa shape index (κ3) is 3.05. The highest BCUT2D eigenvalue weighted by molar-refractivity contribution is 7.10. The molecule has 19 heavy (non-hydrogen) atoms. The van der Waals surface area contributed by atoms with Crippen LogP contribution >= 0.6 is 11.3 Å². The quantitative estimate of drug-likeness (QED) is 0.878.